The largest absolute Gasteiger partial charge is 0.398 e. The van der Waals surface area contributed by atoms with Crippen LogP contribution in [0, 0.1) is 0 Å². The van der Waals surface area contributed by atoms with Gasteiger partial charge in [-0.3, -0.25) is 14.9 Å². The Hall–Kier alpha value is -2.14. The van der Waals surface area contributed by atoms with Gasteiger partial charge in [0.25, 0.3) is 5.91 Å². The lowest BCUT2D eigenvalue weighted by molar-refractivity contribution is -0.119. The zero-order valence-corrected chi connectivity index (χ0v) is 10.4. The van der Waals surface area contributed by atoms with Crippen molar-refractivity contribution in [2.24, 2.45) is 0 Å². The van der Waals surface area contributed by atoms with Crippen molar-refractivity contribution >= 4 is 28.8 Å². The molecule has 5 heteroatoms. The molecule has 0 aliphatic heterocycles. The fourth-order valence-corrected chi connectivity index (χ4v) is 2.22. The molecule has 2 amide bonds. The molecule has 0 bridgehead atoms. The highest BCUT2D eigenvalue weighted by Crippen LogP contribution is 2.11. The summed E-state index contributed by atoms with van der Waals surface area (Å²) >= 11 is 1.48. The van der Waals surface area contributed by atoms with E-state index in [4.69, 9.17) is 5.73 Å². The summed E-state index contributed by atoms with van der Waals surface area (Å²) in [5.41, 5.74) is 6.34. The lowest BCUT2D eigenvalue weighted by Crippen LogP contribution is -2.32. The average Bonchev–Trinajstić information content (AvgIpc) is 2.82. The van der Waals surface area contributed by atoms with E-state index >= 15 is 0 Å². The Bertz CT molecular complexity index is 564. The van der Waals surface area contributed by atoms with Crippen LogP contribution in [-0.2, 0) is 11.2 Å². The molecule has 0 fully saturated rings. The Morgan fingerprint density at radius 3 is 2.61 bits per heavy atom. The van der Waals surface area contributed by atoms with Gasteiger partial charge < -0.3 is 5.73 Å². The number of imide groups is 1. The molecule has 0 unspecified atom stereocenters. The predicted molar refractivity (Wildman–Crippen MR) is 71.4 cm³/mol. The van der Waals surface area contributed by atoms with Gasteiger partial charge >= 0.3 is 0 Å². The fourth-order valence-electron chi connectivity index (χ4n) is 1.51. The van der Waals surface area contributed by atoms with E-state index in [1.807, 2.05) is 17.5 Å². The molecule has 2 rings (SSSR count). The summed E-state index contributed by atoms with van der Waals surface area (Å²) in [5.74, 6) is -0.791. The molecule has 18 heavy (non-hydrogen) atoms. The molecule has 0 aliphatic carbocycles. The second kappa shape index (κ2) is 5.46. The molecule has 0 saturated heterocycles. The number of hydrogen-bond acceptors (Lipinski definition) is 4. The van der Waals surface area contributed by atoms with Crippen molar-refractivity contribution < 1.29 is 9.59 Å². The van der Waals surface area contributed by atoms with Gasteiger partial charge in [0.15, 0.2) is 0 Å². The molecule has 0 saturated carbocycles. The molecular weight excluding hydrogens is 248 g/mol. The number of anilines is 1. The minimum atomic E-state index is -0.463. The van der Waals surface area contributed by atoms with Crippen LogP contribution < -0.4 is 11.1 Å². The number of benzene rings is 1. The second-order valence-corrected chi connectivity index (χ2v) is 4.75. The average molecular weight is 260 g/mol. The van der Waals surface area contributed by atoms with Crippen LogP contribution in [0.4, 0.5) is 5.69 Å². The Labute approximate surface area is 108 Å². The molecule has 0 aliphatic rings. The Morgan fingerprint density at radius 2 is 1.94 bits per heavy atom. The van der Waals surface area contributed by atoms with Crippen LogP contribution in [0.1, 0.15) is 15.2 Å². The van der Waals surface area contributed by atoms with Crippen LogP contribution >= 0.6 is 11.3 Å². The summed E-state index contributed by atoms with van der Waals surface area (Å²) in [5, 5.41) is 4.21. The van der Waals surface area contributed by atoms with Gasteiger partial charge in [-0.05, 0) is 23.6 Å². The molecule has 92 valence electrons. The quantitative estimate of drug-likeness (QED) is 0.827. The minimum Gasteiger partial charge on any atom is -0.398 e. The van der Waals surface area contributed by atoms with Crippen molar-refractivity contribution in [3.8, 4) is 0 Å². The Balaban J connectivity index is 2.00. The number of nitrogens with one attached hydrogen (secondary N) is 1. The maximum absolute atomic E-state index is 11.8. The lowest BCUT2D eigenvalue weighted by Gasteiger charge is -2.05. The molecule has 3 N–H and O–H groups in total. The molecule has 1 heterocycles. The molecule has 0 radical (unpaired) electrons. The summed E-state index contributed by atoms with van der Waals surface area (Å²) in [6.07, 6.45) is 0.205. The topological polar surface area (TPSA) is 72.2 Å². The predicted octanol–water partition coefficient (Wildman–Crippen LogP) is 1.83. The number of nitrogen functional groups attached to an aromatic ring is 1. The third-order valence-electron chi connectivity index (χ3n) is 2.37. The minimum absolute atomic E-state index is 0.205. The molecule has 1 aromatic heterocycles. The SMILES string of the molecule is Nc1ccccc1C(=O)NC(=O)Cc1cccs1. The Morgan fingerprint density at radius 1 is 1.17 bits per heavy atom. The number of nitrogens with two attached hydrogens (primary N) is 1. The lowest BCUT2D eigenvalue weighted by atomic mass is 10.1. The first-order valence-corrected chi connectivity index (χ1v) is 6.26. The summed E-state index contributed by atoms with van der Waals surface area (Å²) in [4.78, 5) is 24.4. The van der Waals surface area contributed by atoms with Crippen LogP contribution in [0.25, 0.3) is 0 Å². The molecular formula is C13H12N2O2S. The summed E-state index contributed by atoms with van der Waals surface area (Å²) in [7, 11) is 0. The van der Waals surface area contributed by atoms with Gasteiger partial charge in [0.1, 0.15) is 0 Å². The summed E-state index contributed by atoms with van der Waals surface area (Å²) in [6, 6.07) is 10.4. The first kappa shape index (κ1) is 12.3. The number of para-hydroxylation sites is 1. The summed E-state index contributed by atoms with van der Waals surface area (Å²) < 4.78 is 0. The number of hydrogen-bond donors (Lipinski definition) is 2. The van der Waals surface area contributed by atoms with Crippen molar-refractivity contribution in [1.29, 1.82) is 0 Å². The molecule has 0 spiro atoms. The van der Waals surface area contributed by atoms with Crippen LogP contribution in [0.2, 0.25) is 0 Å². The third-order valence-corrected chi connectivity index (χ3v) is 3.25. The van der Waals surface area contributed by atoms with Crippen molar-refractivity contribution in [1.82, 2.24) is 5.32 Å². The highest BCUT2D eigenvalue weighted by Gasteiger charge is 2.13. The van der Waals surface area contributed by atoms with Gasteiger partial charge in [0, 0.05) is 10.6 Å². The van der Waals surface area contributed by atoms with Gasteiger partial charge in [-0.2, -0.15) is 0 Å². The number of amides is 2. The van der Waals surface area contributed by atoms with Crippen LogP contribution in [0.15, 0.2) is 41.8 Å². The first-order valence-electron chi connectivity index (χ1n) is 5.38. The maximum Gasteiger partial charge on any atom is 0.259 e. The van der Waals surface area contributed by atoms with E-state index in [0.717, 1.165) is 4.88 Å². The highest BCUT2D eigenvalue weighted by atomic mass is 32.1. The van der Waals surface area contributed by atoms with Crippen LogP contribution in [0.3, 0.4) is 0 Å². The third kappa shape index (κ3) is 2.95. The van der Waals surface area contributed by atoms with E-state index in [0.29, 0.717) is 11.3 Å². The van der Waals surface area contributed by atoms with Gasteiger partial charge in [0.2, 0.25) is 5.91 Å². The molecule has 4 nitrogen and oxygen atoms in total. The maximum atomic E-state index is 11.8. The van der Waals surface area contributed by atoms with E-state index in [1.165, 1.54) is 11.3 Å². The van der Waals surface area contributed by atoms with E-state index < -0.39 is 5.91 Å². The van der Waals surface area contributed by atoms with E-state index in [-0.39, 0.29) is 12.3 Å². The molecule has 0 atom stereocenters. The zero-order chi connectivity index (χ0) is 13.0. The first-order chi connectivity index (χ1) is 8.66. The number of rotatable bonds is 3. The molecule has 2 aromatic rings. The zero-order valence-electron chi connectivity index (χ0n) is 9.55. The normalized spacial score (nSPS) is 10.0. The Kier molecular flexibility index (Phi) is 3.74. The number of carbonyl (C=O) groups excluding carboxylic acids is 2. The fraction of sp³-hybridized carbons (Fsp3) is 0.0769. The number of carbonyl (C=O) groups is 2. The monoisotopic (exact) mass is 260 g/mol. The van der Waals surface area contributed by atoms with Crippen molar-refractivity contribution in [2.75, 3.05) is 5.73 Å². The summed E-state index contributed by atoms with van der Waals surface area (Å²) in [6.45, 7) is 0. The van der Waals surface area contributed by atoms with Gasteiger partial charge in [-0.15, -0.1) is 11.3 Å². The van der Waals surface area contributed by atoms with Crippen LogP contribution in [0.5, 0.6) is 0 Å². The van der Waals surface area contributed by atoms with Crippen LogP contribution in [-0.4, -0.2) is 11.8 Å². The van der Waals surface area contributed by atoms with Gasteiger partial charge in [-0.1, -0.05) is 18.2 Å². The van der Waals surface area contributed by atoms with Gasteiger partial charge in [0.05, 0.1) is 12.0 Å². The van der Waals surface area contributed by atoms with Crippen molar-refractivity contribution in [3.63, 3.8) is 0 Å². The molecule has 1 aromatic carbocycles. The van der Waals surface area contributed by atoms with E-state index in [1.54, 1.807) is 24.3 Å². The van der Waals surface area contributed by atoms with E-state index in [2.05, 4.69) is 5.32 Å². The standard InChI is InChI=1S/C13H12N2O2S/c14-11-6-2-1-5-10(11)13(17)15-12(16)8-9-4-3-7-18-9/h1-7H,8,14H2,(H,15,16,17). The number of thiophene rings is 1. The van der Waals surface area contributed by atoms with E-state index in [9.17, 15) is 9.59 Å². The van der Waals surface area contributed by atoms with Gasteiger partial charge in [-0.25, -0.2) is 0 Å². The highest BCUT2D eigenvalue weighted by molar-refractivity contribution is 7.10. The van der Waals surface area contributed by atoms with Crippen molar-refractivity contribution in [2.45, 2.75) is 6.42 Å². The second-order valence-electron chi connectivity index (χ2n) is 3.72. The van der Waals surface area contributed by atoms with Crippen molar-refractivity contribution in [3.05, 3.63) is 52.2 Å². The smallest absolute Gasteiger partial charge is 0.259 e.